The Labute approximate surface area is 109 Å². The van der Waals surface area contributed by atoms with Gasteiger partial charge in [0.05, 0.1) is 11.4 Å². The van der Waals surface area contributed by atoms with E-state index in [0.717, 1.165) is 16.8 Å². The van der Waals surface area contributed by atoms with Crippen LogP contribution in [0.25, 0.3) is 0 Å². The summed E-state index contributed by atoms with van der Waals surface area (Å²) in [6.07, 6.45) is 0. The van der Waals surface area contributed by atoms with Gasteiger partial charge in [0.2, 0.25) is 5.91 Å². The number of nitrogen functional groups attached to an aromatic ring is 1. The summed E-state index contributed by atoms with van der Waals surface area (Å²) in [7, 11) is 0. The Balaban J connectivity index is 3.17. The first-order chi connectivity index (χ1) is 8.18. The van der Waals surface area contributed by atoms with E-state index in [2.05, 4.69) is 5.32 Å². The molecule has 0 spiro atoms. The number of rotatable bonds is 4. The molecule has 0 radical (unpaired) electrons. The number of hydrogen-bond donors (Lipinski definition) is 3. The minimum absolute atomic E-state index is 0.0657. The van der Waals surface area contributed by atoms with Crippen molar-refractivity contribution in [3.05, 3.63) is 23.3 Å². The number of nitrogens with two attached hydrogens (primary N) is 2. The predicted molar refractivity (Wildman–Crippen MR) is 76.4 cm³/mol. The van der Waals surface area contributed by atoms with Gasteiger partial charge in [0, 0.05) is 0 Å². The lowest BCUT2D eigenvalue weighted by Gasteiger charge is -2.33. The van der Waals surface area contributed by atoms with Crippen LogP contribution in [0, 0.1) is 19.8 Å². The molecule has 0 heterocycles. The zero-order valence-electron chi connectivity index (χ0n) is 11.8. The molecule has 0 aliphatic heterocycles. The number of carbonyl (C=O) groups is 1. The third-order valence-electron chi connectivity index (χ3n) is 3.73. The van der Waals surface area contributed by atoms with E-state index in [0.29, 0.717) is 5.69 Å². The van der Waals surface area contributed by atoms with Crippen LogP contribution in [0.5, 0.6) is 0 Å². The summed E-state index contributed by atoms with van der Waals surface area (Å²) in [6, 6.07) is 3.85. The lowest BCUT2D eigenvalue weighted by molar-refractivity contribution is -0.123. The first kappa shape index (κ1) is 14.4. The second-order valence-electron chi connectivity index (χ2n) is 5.37. The highest BCUT2D eigenvalue weighted by Crippen LogP contribution is 2.29. The van der Waals surface area contributed by atoms with Crippen molar-refractivity contribution in [1.29, 1.82) is 0 Å². The molecule has 1 atom stereocenters. The van der Waals surface area contributed by atoms with Crippen molar-refractivity contribution < 1.29 is 4.79 Å². The van der Waals surface area contributed by atoms with Crippen LogP contribution in [0.15, 0.2) is 12.1 Å². The fourth-order valence-corrected chi connectivity index (χ4v) is 1.72. The standard InChI is InChI=1S/C14H23N3O/c1-8(2)14(5,13(16)18)17-12-7-10(4)9(3)6-11(12)15/h6-8,17H,15H2,1-5H3,(H2,16,18). The van der Waals surface area contributed by atoms with E-state index >= 15 is 0 Å². The molecular formula is C14H23N3O. The second kappa shape index (κ2) is 4.88. The summed E-state index contributed by atoms with van der Waals surface area (Å²) >= 11 is 0. The Hall–Kier alpha value is -1.71. The Morgan fingerprint density at radius 3 is 2.22 bits per heavy atom. The summed E-state index contributed by atoms with van der Waals surface area (Å²) in [4.78, 5) is 11.6. The topological polar surface area (TPSA) is 81.1 Å². The van der Waals surface area contributed by atoms with Crippen molar-refractivity contribution in [2.45, 2.75) is 40.2 Å². The molecule has 4 heteroatoms. The van der Waals surface area contributed by atoms with Gasteiger partial charge in [-0.3, -0.25) is 4.79 Å². The molecule has 0 aromatic heterocycles. The molecule has 0 fully saturated rings. The van der Waals surface area contributed by atoms with E-state index in [1.165, 1.54) is 0 Å². The smallest absolute Gasteiger partial charge is 0.243 e. The van der Waals surface area contributed by atoms with E-state index in [9.17, 15) is 4.79 Å². The first-order valence-corrected chi connectivity index (χ1v) is 6.13. The summed E-state index contributed by atoms with van der Waals surface area (Å²) in [5, 5.41) is 3.19. The molecule has 0 aliphatic carbocycles. The number of amides is 1. The highest BCUT2D eigenvalue weighted by atomic mass is 16.1. The quantitative estimate of drug-likeness (QED) is 0.715. The van der Waals surface area contributed by atoms with Crippen molar-refractivity contribution >= 4 is 17.3 Å². The summed E-state index contributed by atoms with van der Waals surface area (Å²) in [6.45, 7) is 9.72. The summed E-state index contributed by atoms with van der Waals surface area (Å²) < 4.78 is 0. The normalized spacial score (nSPS) is 14.3. The average molecular weight is 249 g/mol. The summed E-state index contributed by atoms with van der Waals surface area (Å²) in [5.74, 6) is -0.314. The molecule has 1 unspecified atom stereocenters. The average Bonchev–Trinajstić information content (AvgIpc) is 2.25. The van der Waals surface area contributed by atoms with Crippen molar-refractivity contribution in [3.8, 4) is 0 Å². The minimum Gasteiger partial charge on any atom is -0.397 e. The highest BCUT2D eigenvalue weighted by Gasteiger charge is 2.35. The highest BCUT2D eigenvalue weighted by molar-refractivity contribution is 5.89. The van der Waals surface area contributed by atoms with E-state index in [-0.39, 0.29) is 11.8 Å². The van der Waals surface area contributed by atoms with Gasteiger partial charge in [-0.15, -0.1) is 0 Å². The third-order valence-corrected chi connectivity index (χ3v) is 3.73. The Morgan fingerprint density at radius 1 is 1.28 bits per heavy atom. The molecule has 1 amide bonds. The second-order valence-corrected chi connectivity index (χ2v) is 5.37. The van der Waals surface area contributed by atoms with Crippen LogP contribution in [0.2, 0.25) is 0 Å². The molecule has 1 rings (SSSR count). The largest absolute Gasteiger partial charge is 0.397 e. The van der Waals surface area contributed by atoms with Gasteiger partial charge in [0.25, 0.3) is 0 Å². The molecule has 0 aliphatic rings. The number of aryl methyl sites for hydroxylation is 2. The minimum atomic E-state index is -0.810. The van der Waals surface area contributed by atoms with Gasteiger partial charge in [0.1, 0.15) is 5.54 Å². The molecule has 18 heavy (non-hydrogen) atoms. The lowest BCUT2D eigenvalue weighted by atomic mass is 9.87. The van der Waals surface area contributed by atoms with Crippen LogP contribution >= 0.6 is 0 Å². The van der Waals surface area contributed by atoms with Gasteiger partial charge in [-0.05, 0) is 49.9 Å². The van der Waals surface area contributed by atoms with E-state index in [1.54, 1.807) is 6.92 Å². The zero-order chi connectivity index (χ0) is 14.1. The predicted octanol–water partition coefficient (Wildman–Crippen LogP) is 2.20. The molecule has 1 aromatic carbocycles. The molecular weight excluding hydrogens is 226 g/mol. The molecule has 0 saturated heterocycles. The number of hydrogen-bond acceptors (Lipinski definition) is 3. The van der Waals surface area contributed by atoms with E-state index < -0.39 is 5.54 Å². The first-order valence-electron chi connectivity index (χ1n) is 6.13. The van der Waals surface area contributed by atoms with E-state index in [4.69, 9.17) is 11.5 Å². The summed E-state index contributed by atoms with van der Waals surface area (Å²) in [5.41, 5.74) is 14.3. The monoisotopic (exact) mass is 249 g/mol. The van der Waals surface area contributed by atoms with Gasteiger partial charge in [-0.25, -0.2) is 0 Å². The van der Waals surface area contributed by atoms with Crippen molar-refractivity contribution in [2.75, 3.05) is 11.1 Å². The molecule has 4 nitrogen and oxygen atoms in total. The van der Waals surface area contributed by atoms with Crippen LogP contribution < -0.4 is 16.8 Å². The van der Waals surface area contributed by atoms with Gasteiger partial charge in [-0.2, -0.15) is 0 Å². The fraction of sp³-hybridized carbons (Fsp3) is 0.500. The maximum Gasteiger partial charge on any atom is 0.243 e. The van der Waals surface area contributed by atoms with Crippen LogP contribution in [0.3, 0.4) is 0 Å². The number of anilines is 2. The fourth-order valence-electron chi connectivity index (χ4n) is 1.72. The molecule has 0 saturated carbocycles. The van der Waals surface area contributed by atoms with Gasteiger partial charge in [0.15, 0.2) is 0 Å². The Morgan fingerprint density at radius 2 is 1.78 bits per heavy atom. The molecule has 0 bridgehead atoms. The zero-order valence-corrected chi connectivity index (χ0v) is 11.8. The maximum atomic E-state index is 11.6. The van der Waals surface area contributed by atoms with Crippen molar-refractivity contribution in [1.82, 2.24) is 0 Å². The van der Waals surface area contributed by atoms with Gasteiger partial charge < -0.3 is 16.8 Å². The van der Waals surface area contributed by atoms with Crippen molar-refractivity contribution in [2.24, 2.45) is 11.7 Å². The molecule has 1 aromatic rings. The van der Waals surface area contributed by atoms with Crippen molar-refractivity contribution in [3.63, 3.8) is 0 Å². The van der Waals surface area contributed by atoms with E-state index in [1.807, 2.05) is 39.8 Å². The van der Waals surface area contributed by atoms with Gasteiger partial charge in [-0.1, -0.05) is 13.8 Å². The number of benzene rings is 1. The number of carbonyl (C=O) groups excluding carboxylic acids is 1. The van der Waals surface area contributed by atoms with Crippen LogP contribution in [-0.2, 0) is 4.79 Å². The lowest BCUT2D eigenvalue weighted by Crippen LogP contribution is -2.52. The van der Waals surface area contributed by atoms with Crippen LogP contribution in [0.1, 0.15) is 31.9 Å². The van der Waals surface area contributed by atoms with Crippen LogP contribution in [-0.4, -0.2) is 11.4 Å². The van der Waals surface area contributed by atoms with Gasteiger partial charge >= 0.3 is 0 Å². The SMILES string of the molecule is Cc1cc(N)c(NC(C)(C(N)=O)C(C)C)cc1C. The Kier molecular flexibility index (Phi) is 3.89. The maximum absolute atomic E-state index is 11.6. The molecule has 100 valence electrons. The number of primary amides is 1. The Bertz CT molecular complexity index is 468. The number of nitrogens with one attached hydrogen (secondary N) is 1. The van der Waals surface area contributed by atoms with Crippen LogP contribution in [0.4, 0.5) is 11.4 Å². The third kappa shape index (κ3) is 2.58. The molecule has 5 N–H and O–H groups in total.